The third kappa shape index (κ3) is 3.47. The van der Waals surface area contributed by atoms with Crippen molar-refractivity contribution < 1.29 is 19.0 Å². The van der Waals surface area contributed by atoms with Crippen molar-refractivity contribution in [2.75, 3.05) is 18.6 Å². The second-order valence-corrected chi connectivity index (χ2v) is 4.22. The van der Waals surface area contributed by atoms with E-state index in [2.05, 4.69) is 0 Å². The Labute approximate surface area is 116 Å². The number of phenolic OH excluding ortho intramolecular Hbond substituents is 1. The fraction of sp³-hybridized carbons (Fsp3) is 0.133. The van der Waals surface area contributed by atoms with Crippen molar-refractivity contribution in [1.82, 2.24) is 0 Å². The Morgan fingerprint density at radius 3 is 2.60 bits per heavy atom. The van der Waals surface area contributed by atoms with Crippen LogP contribution >= 0.6 is 0 Å². The van der Waals surface area contributed by atoms with Gasteiger partial charge < -0.3 is 14.7 Å². The van der Waals surface area contributed by atoms with Gasteiger partial charge in [0, 0.05) is 18.8 Å². The van der Waals surface area contributed by atoms with E-state index in [0.29, 0.717) is 11.4 Å². The summed E-state index contributed by atoms with van der Waals surface area (Å²) >= 11 is 0. The van der Waals surface area contributed by atoms with Gasteiger partial charge in [0.15, 0.2) is 6.61 Å². The molecule has 2 aromatic rings. The van der Waals surface area contributed by atoms with Crippen LogP contribution in [0.25, 0.3) is 0 Å². The van der Waals surface area contributed by atoms with E-state index in [-0.39, 0.29) is 18.3 Å². The Balaban J connectivity index is 1.96. The van der Waals surface area contributed by atoms with Gasteiger partial charge in [-0.05, 0) is 36.4 Å². The third-order valence-corrected chi connectivity index (χ3v) is 2.77. The van der Waals surface area contributed by atoms with Crippen molar-refractivity contribution in [3.05, 3.63) is 54.3 Å². The van der Waals surface area contributed by atoms with Crippen molar-refractivity contribution in [3.63, 3.8) is 0 Å². The first-order valence-corrected chi connectivity index (χ1v) is 6.00. The van der Waals surface area contributed by atoms with Crippen LogP contribution in [-0.2, 0) is 4.79 Å². The predicted molar refractivity (Wildman–Crippen MR) is 73.4 cm³/mol. The number of halogens is 1. The highest BCUT2D eigenvalue weighted by molar-refractivity contribution is 5.93. The minimum atomic E-state index is -0.415. The highest BCUT2D eigenvalue weighted by atomic mass is 19.1. The SMILES string of the molecule is CN(C(=O)COc1cccc(F)c1)c1ccc(O)cc1. The van der Waals surface area contributed by atoms with Gasteiger partial charge in [0.1, 0.15) is 17.3 Å². The smallest absolute Gasteiger partial charge is 0.264 e. The number of amides is 1. The zero-order valence-corrected chi connectivity index (χ0v) is 10.9. The Morgan fingerprint density at radius 1 is 1.25 bits per heavy atom. The third-order valence-electron chi connectivity index (χ3n) is 2.77. The number of rotatable bonds is 4. The van der Waals surface area contributed by atoms with Crippen LogP contribution in [0.2, 0.25) is 0 Å². The first kappa shape index (κ1) is 13.9. The number of ether oxygens (including phenoxy) is 1. The van der Waals surface area contributed by atoms with Crippen molar-refractivity contribution in [1.29, 1.82) is 0 Å². The lowest BCUT2D eigenvalue weighted by Gasteiger charge is -2.17. The van der Waals surface area contributed by atoms with E-state index in [9.17, 15) is 14.3 Å². The fourth-order valence-corrected chi connectivity index (χ4v) is 1.62. The molecule has 0 saturated heterocycles. The molecule has 0 aliphatic carbocycles. The summed E-state index contributed by atoms with van der Waals surface area (Å²) in [5.74, 6) is -0.259. The zero-order valence-electron chi connectivity index (χ0n) is 10.9. The number of carbonyl (C=O) groups excluding carboxylic acids is 1. The number of anilines is 1. The van der Waals surface area contributed by atoms with Gasteiger partial charge >= 0.3 is 0 Å². The van der Waals surface area contributed by atoms with Gasteiger partial charge in [0.05, 0.1) is 0 Å². The highest BCUT2D eigenvalue weighted by Gasteiger charge is 2.11. The van der Waals surface area contributed by atoms with Crippen LogP contribution in [0.1, 0.15) is 0 Å². The number of nitrogens with zero attached hydrogens (tertiary/aromatic N) is 1. The number of aromatic hydroxyl groups is 1. The number of carbonyl (C=O) groups is 1. The maximum absolute atomic E-state index is 13.0. The summed E-state index contributed by atoms with van der Waals surface area (Å²) in [4.78, 5) is 13.3. The van der Waals surface area contributed by atoms with Crippen LogP contribution in [0.5, 0.6) is 11.5 Å². The van der Waals surface area contributed by atoms with Crippen molar-refractivity contribution in [2.24, 2.45) is 0 Å². The molecule has 0 unspecified atom stereocenters. The number of phenols is 1. The van der Waals surface area contributed by atoms with Gasteiger partial charge in [-0.2, -0.15) is 0 Å². The van der Waals surface area contributed by atoms with Crippen molar-refractivity contribution in [3.8, 4) is 11.5 Å². The van der Waals surface area contributed by atoms with Gasteiger partial charge in [-0.1, -0.05) is 6.07 Å². The molecule has 0 bridgehead atoms. The van der Waals surface area contributed by atoms with Crippen LogP contribution in [0.3, 0.4) is 0 Å². The summed E-state index contributed by atoms with van der Waals surface area (Å²) in [6, 6.07) is 11.8. The molecule has 104 valence electrons. The normalized spacial score (nSPS) is 10.1. The molecule has 2 aromatic carbocycles. The lowest BCUT2D eigenvalue weighted by molar-refractivity contribution is -0.120. The van der Waals surface area contributed by atoms with Crippen molar-refractivity contribution in [2.45, 2.75) is 0 Å². The summed E-state index contributed by atoms with van der Waals surface area (Å²) in [6.07, 6.45) is 0. The van der Waals surface area contributed by atoms with Crippen LogP contribution in [0, 0.1) is 5.82 Å². The zero-order chi connectivity index (χ0) is 14.5. The molecule has 0 radical (unpaired) electrons. The Morgan fingerprint density at radius 2 is 1.95 bits per heavy atom. The molecule has 0 spiro atoms. The minimum absolute atomic E-state index is 0.130. The van der Waals surface area contributed by atoms with E-state index in [4.69, 9.17) is 4.74 Å². The lowest BCUT2D eigenvalue weighted by Crippen LogP contribution is -2.31. The van der Waals surface area contributed by atoms with Crippen LogP contribution in [0.15, 0.2) is 48.5 Å². The van der Waals surface area contributed by atoms with Gasteiger partial charge in [-0.15, -0.1) is 0 Å². The number of hydrogen-bond donors (Lipinski definition) is 1. The quantitative estimate of drug-likeness (QED) is 0.933. The Bertz CT molecular complexity index is 598. The highest BCUT2D eigenvalue weighted by Crippen LogP contribution is 2.18. The number of hydrogen-bond acceptors (Lipinski definition) is 3. The topological polar surface area (TPSA) is 49.8 Å². The monoisotopic (exact) mass is 275 g/mol. The van der Waals surface area contributed by atoms with Crippen LogP contribution < -0.4 is 9.64 Å². The molecule has 0 aliphatic heterocycles. The molecular formula is C15H14FNO3. The van der Waals surface area contributed by atoms with E-state index in [1.165, 1.54) is 35.2 Å². The van der Waals surface area contributed by atoms with Gasteiger partial charge in [-0.25, -0.2) is 4.39 Å². The number of likely N-dealkylation sites (N-methyl/N-ethyl adjacent to an activating group) is 1. The molecule has 1 N–H and O–H groups in total. The summed E-state index contributed by atoms with van der Waals surface area (Å²) in [5, 5.41) is 9.19. The summed E-state index contributed by atoms with van der Waals surface area (Å²) in [7, 11) is 1.60. The predicted octanol–water partition coefficient (Wildman–Crippen LogP) is 2.57. The molecule has 0 saturated carbocycles. The molecule has 0 aromatic heterocycles. The summed E-state index contributed by atoms with van der Waals surface area (Å²) in [6.45, 7) is -0.194. The molecule has 4 nitrogen and oxygen atoms in total. The first-order chi connectivity index (χ1) is 9.56. The average Bonchev–Trinajstić information content (AvgIpc) is 2.45. The molecule has 5 heteroatoms. The largest absolute Gasteiger partial charge is 0.508 e. The summed E-state index contributed by atoms with van der Waals surface area (Å²) in [5.41, 5.74) is 0.635. The lowest BCUT2D eigenvalue weighted by atomic mass is 10.3. The number of benzene rings is 2. The van der Waals surface area contributed by atoms with E-state index in [0.717, 1.165) is 0 Å². The van der Waals surface area contributed by atoms with Crippen molar-refractivity contribution >= 4 is 11.6 Å². The molecule has 0 fully saturated rings. The van der Waals surface area contributed by atoms with Crippen LogP contribution in [-0.4, -0.2) is 24.7 Å². The van der Waals surface area contributed by atoms with E-state index < -0.39 is 5.82 Å². The molecule has 20 heavy (non-hydrogen) atoms. The second kappa shape index (κ2) is 6.06. The van der Waals surface area contributed by atoms with Gasteiger partial charge in [-0.3, -0.25) is 4.79 Å². The van der Waals surface area contributed by atoms with E-state index in [1.54, 1.807) is 25.2 Å². The van der Waals surface area contributed by atoms with Crippen LogP contribution in [0.4, 0.5) is 10.1 Å². The molecule has 0 heterocycles. The second-order valence-electron chi connectivity index (χ2n) is 4.22. The maximum atomic E-state index is 13.0. The molecule has 1 amide bonds. The Hall–Kier alpha value is -2.56. The standard InChI is InChI=1S/C15H14FNO3/c1-17(12-5-7-13(18)8-6-12)15(19)10-20-14-4-2-3-11(16)9-14/h2-9,18H,10H2,1H3. The molecule has 0 atom stereocenters. The Kier molecular flexibility index (Phi) is 4.20. The fourth-order valence-electron chi connectivity index (χ4n) is 1.62. The molecule has 0 aliphatic rings. The van der Waals surface area contributed by atoms with E-state index >= 15 is 0 Å². The van der Waals surface area contributed by atoms with E-state index in [1.807, 2.05) is 0 Å². The first-order valence-electron chi connectivity index (χ1n) is 6.00. The summed E-state index contributed by atoms with van der Waals surface area (Å²) < 4.78 is 18.2. The minimum Gasteiger partial charge on any atom is -0.508 e. The van der Waals surface area contributed by atoms with Gasteiger partial charge in [0.25, 0.3) is 5.91 Å². The molecular weight excluding hydrogens is 261 g/mol. The molecule has 2 rings (SSSR count). The average molecular weight is 275 g/mol. The maximum Gasteiger partial charge on any atom is 0.264 e. The van der Waals surface area contributed by atoms with Gasteiger partial charge in [0.2, 0.25) is 0 Å².